The summed E-state index contributed by atoms with van der Waals surface area (Å²) < 4.78 is 67.5. The van der Waals surface area contributed by atoms with E-state index in [0.717, 1.165) is 12.1 Å². The second-order valence-electron chi connectivity index (χ2n) is 7.63. The van der Waals surface area contributed by atoms with E-state index in [1.165, 1.54) is 40.8 Å². The molecular formula is C22H22F3N5O3S. The molecule has 1 aromatic heterocycles. The third-order valence-corrected chi connectivity index (χ3v) is 7.38. The van der Waals surface area contributed by atoms with Crippen molar-refractivity contribution < 1.29 is 26.7 Å². The monoisotopic (exact) mass is 493 g/mol. The van der Waals surface area contributed by atoms with Crippen LogP contribution in [0.3, 0.4) is 0 Å². The van der Waals surface area contributed by atoms with E-state index in [2.05, 4.69) is 16.8 Å². The first-order valence-corrected chi connectivity index (χ1v) is 11.5. The van der Waals surface area contributed by atoms with Gasteiger partial charge in [-0.1, -0.05) is 18.1 Å². The summed E-state index contributed by atoms with van der Waals surface area (Å²) in [7, 11) is -3.85. The Morgan fingerprint density at radius 1 is 1.21 bits per heavy atom. The molecule has 1 aromatic carbocycles. The van der Waals surface area contributed by atoms with E-state index in [9.17, 15) is 26.7 Å². The molecule has 8 nitrogen and oxygen atoms in total. The number of rotatable bonds is 5. The fraction of sp³-hybridized carbons (Fsp3) is 0.364. The Labute approximate surface area is 195 Å². The highest BCUT2D eigenvalue weighted by Gasteiger charge is 2.55. The summed E-state index contributed by atoms with van der Waals surface area (Å²) in [5.74, 6) is 5.90. The van der Waals surface area contributed by atoms with Crippen molar-refractivity contribution in [3.05, 3.63) is 48.2 Å². The van der Waals surface area contributed by atoms with Crippen LogP contribution in [0.4, 0.5) is 24.7 Å². The number of hydrogen-bond donors (Lipinski definition) is 2. The van der Waals surface area contributed by atoms with Gasteiger partial charge < -0.3 is 15.7 Å². The molecule has 1 aliphatic rings. The summed E-state index contributed by atoms with van der Waals surface area (Å²) in [6.45, 7) is 1.96. The van der Waals surface area contributed by atoms with Crippen molar-refractivity contribution in [1.82, 2.24) is 9.29 Å². The second kappa shape index (κ2) is 9.50. The summed E-state index contributed by atoms with van der Waals surface area (Å²) in [6, 6.07) is 8.57. The molecule has 2 atom stereocenters. The van der Waals surface area contributed by atoms with Gasteiger partial charge in [0.2, 0.25) is 10.0 Å². The highest BCUT2D eigenvalue weighted by atomic mass is 32.2. The highest BCUT2D eigenvalue weighted by Crippen LogP contribution is 2.42. The maximum Gasteiger partial charge on any atom is 0.422 e. The molecule has 1 aliphatic heterocycles. The summed E-state index contributed by atoms with van der Waals surface area (Å²) in [5, 5.41) is 18.9. The maximum absolute atomic E-state index is 13.4. The minimum Gasteiger partial charge on any atom is -0.384 e. The molecule has 34 heavy (non-hydrogen) atoms. The molecule has 0 saturated carbocycles. The lowest BCUT2D eigenvalue weighted by Gasteiger charge is -2.40. The van der Waals surface area contributed by atoms with Crippen LogP contribution in [0.2, 0.25) is 0 Å². The number of aromatic nitrogens is 1. The number of sulfonamides is 1. The summed E-state index contributed by atoms with van der Waals surface area (Å²) >= 11 is 0. The third kappa shape index (κ3) is 4.80. The molecule has 2 heterocycles. The molecule has 1 unspecified atom stereocenters. The lowest BCUT2D eigenvalue weighted by Crippen LogP contribution is -2.54. The molecule has 3 N–H and O–H groups in total. The number of aliphatic hydroxyl groups is 1. The fourth-order valence-electron chi connectivity index (χ4n) is 3.68. The predicted molar refractivity (Wildman–Crippen MR) is 119 cm³/mol. The zero-order valence-electron chi connectivity index (χ0n) is 18.1. The minimum atomic E-state index is -5.03. The molecule has 0 amide bonds. The van der Waals surface area contributed by atoms with E-state index in [4.69, 9.17) is 11.0 Å². The van der Waals surface area contributed by atoms with Gasteiger partial charge in [-0.3, -0.25) is 0 Å². The summed E-state index contributed by atoms with van der Waals surface area (Å²) in [6.07, 6.45) is -4.99. The van der Waals surface area contributed by atoms with Crippen molar-refractivity contribution in [2.24, 2.45) is 0 Å². The zero-order chi connectivity index (χ0) is 25.1. The Balaban J connectivity index is 1.87. The fourth-order valence-corrected chi connectivity index (χ4v) is 5.06. The molecule has 3 rings (SSSR count). The van der Waals surface area contributed by atoms with Crippen molar-refractivity contribution in [2.75, 3.05) is 30.3 Å². The van der Waals surface area contributed by atoms with Crippen LogP contribution in [0.1, 0.15) is 18.9 Å². The van der Waals surface area contributed by atoms with E-state index in [1.54, 1.807) is 11.8 Å². The first kappa shape index (κ1) is 25.3. The minimum absolute atomic E-state index is 0.00774. The molecule has 0 radical (unpaired) electrons. The molecule has 2 aromatic rings. The van der Waals surface area contributed by atoms with Crippen molar-refractivity contribution in [1.29, 1.82) is 5.26 Å². The number of nitrogen functional groups attached to an aromatic ring is 1. The van der Waals surface area contributed by atoms with Crippen LogP contribution >= 0.6 is 0 Å². The number of alkyl halides is 3. The molecule has 180 valence electrons. The molecule has 12 heteroatoms. The zero-order valence-corrected chi connectivity index (χ0v) is 18.9. The van der Waals surface area contributed by atoms with Gasteiger partial charge in [-0.05, 0) is 36.8 Å². The van der Waals surface area contributed by atoms with Crippen molar-refractivity contribution in [2.45, 2.75) is 36.1 Å². The Hall–Kier alpha value is -3.32. The number of pyridine rings is 1. The van der Waals surface area contributed by atoms with Gasteiger partial charge in [-0.25, -0.2) is 13.4 Å². The number of nitriles is 1. The first-order chi connectivity index (χ1) is 15.9. The van der Waals surface area contributed by atoms with E-state index < -0.39 is 39.8 Å². The molecule has 0 aliphatic carbocycles. The average Bonchev–Trinajstić information content (AvgIpc) is 2.79. The van der Waals surface area contributed by atoms with Crippen LogP contribution < -0.4 is 10.6 Å². The summed E-state index contributed by atoms with van der Waals surface area (Å²) in [5.41, 5.74) is 2.29. The van der Waals surface area contributed by atoms with Crippen LogP contribution in [-0.4, -0.2) is 54.7 Å². The van der Waals surface area contributed by atoms with Crippen LogP contribution in [0.5, 0.6) is 0 Å². The van der Waals surface area contributed by atoms with E-state index in [-0.39, 0.29) is 30.3 Å². The molecular weight excluding hydrogens is 471 g/mol. The van der Waals surface area contributed by atoms with E-state index in [1.807, 2.05) is 0 Å². The Kier molecular flexibility index (Phi) is 7.07. The number of benzene rings is 1. The van der Waals surface area contributed by atoms with Gasteiger partial charge in [0.05, 0.1) is 12.5 Å². The van der Waals surface area contributed by atoms with E-state index >= 15 is 0 Å². The summed E-state index contributed by atoms with van der Waals surface area (Å²) in [4.78, 5) is 5.60. The predicted octanol–water partition coefficient (Wildman–Crippen LogP) is 2.23. The van der Waals surface area contributed by atoms with Crippen LogP contribution in [0.15, 0.2) is 47.5 Å². The van der Waals surface area contributed by atoms with Crippen LogP contribution in [0, 0.1) is 23.2 Å². The number of halogens is 3. The van der Waals surface area contributed by atoms with Gasteiger partial charge in [0.15, 0.2) is 5.60 Å². The van der Waals surface area contributed by atoms with Gasteiger partial charge in [0.25, 0.3) is 0 Å². The molecule has 1 saturated heterocycles. The lowest BCUT2D eigenvalue weighted by molar-refractivity contribution is -0.264. The van der Waals surface area contributed by atoms with Crippen molar-refractivity contribution in [3.8, 4) is 17.9 Å². The molecule has 0 spiro atoms. The quantitative estimate of drug-likeness (QED) is 0.612. The average molecular weight is 494 g/mol. The normalized spacial score (nSPS) is 18.9. The van der Waals surface area contributed by atoms with Crippen LogP contribution in [-0.2, 0) is 15.6 Å². The Morgan fingerprint density at radius 2 is 1.88 bits per heavy atom. The number of nitrogens with zero attached hydrogens (tertiary/aromatic N) is 4. The van der Waals surface area contributed by atoms with Crippen molar-refractivity contribution in [3.63, 3.8) is 0 Å². The van der Waals surface area contributed by atoms with Crippen molar-refractivity contribution >= 4 is 21.5 Å². The number of hydrogen-bond acceptors (Lipinski definition) is 7. The Bertz CT molecular complexity index is 1230. The van der Waals surface area contributed by atoms with Gasteiger partial charge in [0, 0.05) is 31.5 Å². The smallest absolute Gasteiger partial charge is 0.384 e. The highest BCUT2D eigenvalue weighted by molar-refractivity contribution is 7.89. The van der Waals surface area contributed by atoms with Gasteiger partial charge in [0.1, 0.15) is 16.8 Å². The Morgan fingerprint density at radius 3 is 2.41 bits per heavy atom. The van der Waals surface area contributed by atoms with Gasteiger partial charge >= 0.3 is 6.18 Å². The topological polar surface area (TPSA) is 124 Å². The third-order valence-electron chi connectivity index (χ3n) is 5.53. The lowest BCUT2D eigenvalue weighted by atomic mass is 9.90. The SMILES string of the molecule is CC#CC1CN(S(=O)(=O)c2ccc(N)nc2)CCN1c1ccc([C@](O)(CC#N)C(F)(F)F)cc1. The van der Waals surface area contributed by atoms with Gasteiger partial charge in [-0.2, -0.15) is 22.7 Å². The number of anilines is 2. The standard InChI is InChI=1S/C22H22F3N5O3S/c1-2-3-18-15-29(34(32,33)19-8-9-20(27)28-14-19)12-13-30(18)17-6-4-16(5-7-17)21(31,10-11-26)22(23,24)25/h4-9,14,18,31H,10,12-13,15H2,1H3,(H2,27,28)/t18?,21-/m1/s1. The second-order valence-corrected chi connectivity index (χ2v) is 9.56. The number of piperazine rings is 1. The number of nitrogens with two attached hydrogens (primary N) is 1. The maximum atomic E-state index is 13.4. The molecule has 1 fully saturated rings. The largest absolute Gasteiger partial charge is 0.422 e. The first-order valence-electron chi connectivity index (χ1n) is 10.1. The van der Waals surface area contributed by atoms with Gasteiger partial charge in [-0.15, -0.1) is 5.92 Å². The van der Waals surface area contributed by atoms with E-state index in [0.29, 0.717) is 5.69 Å². The molecule has 0 bridgehead atoms. The van der Waals surface area contributed by atoms with Crippen LogP contribution in [0.25, 0.3) is 0 Å².